The Morgan fingerprint density at radius 2 is 1.07 bits per heavy atom. The molecule has 2 aliphatic heterocycles. The molecular weight excluding hydrogens is 568 g/mol. The molecule has 5 fully saturated rings. The quantitative estimate of drug-likeness (QED) is 0.261. The van der Waals surface area contributed by atoms with E-state index < -0.39 is 94.3 Å². The predicted molar refractivity (Wildman–Crippen MR) is 151 cm³/mol. The van der Waals surface area contributed by atoms with Crippen LogP contribution in [0.3, 0.4) is 0 Å². The number of carbonyl (C=O) groups excluding carboxylic acids is 6. The van der Waals surface area contributed by atoms with Crippen LogP contribution < -0.4 is 0 Å². The Hall–Kier alpha value is -3.30. The number of allylic oxidation sites excluding steroid dienone is 2. The van der Waals surface area contributed by atoms with Gasteiger partial charge in [0.2, 0.25) is 0 Å². The highest BCUT2D eigenvalue weighted by atomic mass is 16.6. The van der Waals surface area contributed by atoms with Gasteiger partial charge in [0.1, 0.15) is 23.8 Å². The van der Waals surface area contributed by atoms with Gasteiger partial charge in [-0.25, -0.2) is 0 Å². The van der Waals surface area contributed by atoms with E-state index in [1.165, 1.54) is 14.2 Å². The molecule has 14 atom stereocenters. The van der Waals surface area contributed by atoms with Gasteiger partial charge >= 0.3 is 23.9 Å². The minimum Gasteiger partial charge on any atom is -0.469 e. The highest BCUT2D eigenvalue weighted by molar-refractivity contribution is 6.06. The molecule has 7 aliphatic rings. The van der Waals surface area contributed by atoms with Crippen molar-refractivity contribution in [3.05, 3.63) is 23.3 Å². The van der Waals surface area contributed by atoms with Crippen LogP contribution in [0.1, 0.15) is 53.4 Å². The molecule has 0 N–H and O–H groups in total. The molecule has 44 heavy (non-hydrogen) atoms. The van der Waals surface area contributed by atoms with Crippen LogP contribution in [0, 0.1) is 70.0 Å². The van der Waals surface area contributed by atoms with Gasteiger partial charge in [-0.1, -0.05) is 37.1 Å². The summed E-state index contributed by atoms with van der Waals surface area (Å²) in [6.07, 6.45) is 4.26. The summed E-state index contributed by atoms with van der Waals surface area (Å²) in [5.41, 5.74) is -0.464. The molecule has 0 aromatic carbocycles. The molecule has 7 rings (SSSR count). The van der Waals surface area contributed by atoms with Gasteiger partial charge in [-0.2, -0.15) is 0 Å². The zero-order valence-electron chi connectivity index (χ0n) is 26.0. The van der Waals surface area contributed by atoms with Crippen molar-refractivity contribution < 1.29 is 47.7 Å². The molecule has 0 bridgehead atoms. The van der Waals surface area contributed by atoms with Crippen LogP contribution >= 0.6 is 0 Å². The summed E-state index contributed by atoms with van der Waals surface area (Å²) in [5.74, 6) is -7.77. The molecule has 0 aromatic rings. The fourth-order valence-electron chi connectivity index (χ4n) is 11.2. The van der Waals surface area contributed by atoms with Crippen LogP contribution in [0.15, 0.2) is 23.3 Å². The maximum absolute atomic E-state index is 15.4. The second kappa shape index (κ2) is 9.60. The number of Topliss-reactive ketones (excluding diaryl/α,β-unsaturated/α-hetero) is 2. The Balaban J connectivity index is 1.35. The second-order valence-electron chi connectivity index (χ2n) is 14.5. The van der Waals surface area contributed by atoms with Crippen LogP contribution in [0.2, 0.25) is 0 Å². The third-order valence-corrected chi connectivity index (χ3v) is 13.1. The average molecular weight is 609 g/mol. The summed E-state index contributed by atoms with van der Waals surface area (Å²) in [7, 11) is 2.59. The number of hydrogen-bond donors (Lipinski definition) is 0. The second-order valence-corrected chi connectivity index (χ2v) is 14.5. The highest BCUT2D eigenvalue weighted by Crippen LogP contribution is 2.68. The number of rotatable bonds is 2. The monoisotopic (exact) mass is 608 g/mol. The minimum absolute atomic E-state index is 0.0206. The van der Waals surface area contributed by atoms with Crippen molar-refractivity contribution in [2.75, 3.05) is 14.2 Å². The van der Waals surface area contributed by atoms with Gasteiger partial charge in [0.15, 0.2) is 0 Å². The Bertz CT molecular complexity index is 1350. The van der Waals surface area contributed by atoms with E-state index in [1.54, 1.807) is 0 Å². The van der Waals surface area contributed by atoms with E-state index in [0.717, 1.165) is 11.1 Å². The van der Waals surface area contributed by atoms with E-state index in [1.807, 2.05) is 39.8 Å². The number of ether oxygens (including phenoxy) is 4. The van der Waals surface area contributed by atoms with Crippen LogP contribution in [-0.2, 0) is 47.7 Å². The SMILES string of the molecule is COC(=O)[C@H]1C[C@H]2C(=CC[C@H]3C(=O)[C@@H]4CC=C5[C@@H]6[C@@H](C(=O)O[C@H]6C)[C@@H](C(=O)OC)C[C@@H]5[C@]4(C)C(=O)[C@]32C)[C@@H]2[C@H]1C(=O)O[C@H]2C. The van der Waals surface area contributed by atoms with Crippen LogP contribution in [0.4, 0.5) is 0 Å². The third kappa shape index (κ3) is 3.43. The number of methoxy groups -OCH3 is 2. The topological polar surface area (TPSA) is 139 Å². The van der Waals surface area contributed by atoms with Gasteiger partial charge in [-0.05, 0) is 51.4 Å². The number of hydrogen-bond acceptors (Lipinski definition) is 10. The van der Waals surface area contributed by atoms with Gasteiger partial charge in [-0.15, -0.1) is 0 Å². The first-order chi connectivity index (χ1) is 20.8. The lowest BCUT2D eigenvalue weighted by atomic mass is 9.38. The van der Waals surface area contributed by atoms with Crippen LogP contribution in [0.25, 0.3) is 0 Å². The summed E-state index contributed by atoms with van der Waals surface area (Å²) in [4.78, 5) is 82.2. The average Bonchev–Trinajstić information content (AvgIpc) is 3.48. The predicted octanol–water partition coefficient (Wildman–Crippen LogP) is 3.02. The molecule has 0 aromatic heterocycles. The molecule has 2 heterocycles. The van der Waals surface area contributed by atoms with E-state index in [2.05, 4.69) is 0 Å². The first-order valence-electron chi connectivity index (χ1n) is 15.9. The van der Waals surface area contributed by atoms with Crippen molar-refractivity contribution in [3.63, 3.8) is 0 Å². The van der Waals surface area contributed by atoms with Gasteiger partial charge < -0.3 is 18.9 Å². The number of carbonyl (C=O) groups is 6. The maximum atomic E-state index is 15.4. The molecule has 0 unspecified atom stereocenters. The van der Waals surface area contributed by atoms with Gasteiger partial charge in [0.25, 0.3) is 0 Å². The summed E-state index contributed by atoms with van der Waals surface area (Å²) >= 11 is 0. The fraction of sp³-hybridized carbons (Fsp3) is 0.706. The molecule has 0 radical (unpaired) electrons. The molecule has 3 saturated carbocycles. The van der Waals surface area contributed by atoms with Crippen molar-refractivity contribution in [3.8, 4) is 0 Å². The lowest BCUT2D eigenvalue weighted by Gasteiger charge is -2.62. The van der Waals surface area contributed by atoms with E-state index >= 15 is 4.79 Å². The smallest absolute Gasteiger partial charge is 0.310 e. The van der Waals surface area contributed by atoms with Crippen molar-refractivity contribution in [1.29, 1.82) is 0 Å². The van der Waals surface area contributed by atoms with Crippen LogP contribution in [0.5, 0.6) is 0 Å². The van der Waals surface area contributed by atoms with E-state index in [4.69, 9.17) is 18.9 Å². The van der Waals surface area contributed by atoms with E-state index in [9.17, 15) is 24.0 Å². The van der Waals surface area contributed by atoms with Crippen molar-refractivity contribution >= 4 is 35.4 Å². The first-order valence-corrected chi connectivity index (χ1v) is 15.9. The summed E-state index contributed by atoms with van der Waals surface area (Å²) < 4.78 is 21.6. The van der Waals surface area contributed by atoms with E-state index in [0.29, 0.717) is 12.8 Å². The number of ketones is 2. The molecule has 10 heteroatoms. The van der Waals surface area contributed by atoms with Gasteiger partial charge in [-0.3, -0.25) is 28.8 Å². The largest absolute Gasteiger partial charge is 0.469 e. The lowest BCUT2D eigenvalue weighted by Crippen LogP contribution is -2.67. The Labute approximate surface area is 256 Å². The standard InChI is InChI=1S/C34H40O10/c1-13-23-15-7-9-19-27(35)20-10-8-16-22(12-18(29(37)42-6)26-24(16)14(2)44-31(26)39)34(20,4)32(40)33(19,3)21(15)11-17(28(36)41-5)25(23)30(38)43-13/h7-8,13-14,17-26H,9-12H2,1-6H3/t13-,14-,17-,18-,19-,20-,21-,22-,23+,24+,25-,26-,33+,34+/m0/s1. The molecule has 236 valence electrons. The van der Waals surface area contributed by atoms with Crippen molar-refractivity contribution in [2.24, 2.45) is 70.0 Å². The minimum atomic E-state index is -1.15. The number of cyclic esters (lactones) is 2. The van der Waals surface area contributed by atoms with E-state index in [-0.39, 0.29) is 36.2 Å². The normalized spacial score (nSPS) is 48.6. The third-order valence-electron chi connectivity index (χ3n) is 13.1. The molecule has 0 amide bonds. The van der Waals surface area contributed by atoms with Crippen molar-refractivity contribution in [1.82, 2.24) is 0 Å². The summed E-state index contributed by atoms with van der Waals surface area (Å²) in [5, 5.41) is 0. The molecule has 10 nitrogen and oxygen atoms in total. The van der Waals surface area contributed by atoms with Gasteiger partial charge in [0.05, 0.1) is 37.9 Å². The zero-order valence-corrected chi connectivity index (χ0v) is 26.0. The first kappa shape index (κ1) is 29.4. The number of esters is 4. The van der Waals surface area contributed by atoms with Crippen molar-refractivity contribution in [2.45, 2.75) is 65.6 Å². The van der Waals surface area contributed by atoms with Crippen LogP contribution in [-0.4, -0.2) is 61.9 Å². The summed E-state index contributed by atoms with van der Waals surface area (Å²) in [6.45, 7) is 7.38. The van der Waals surface area contributed by atoms with Gasteiger partial charge in [0, 0.05) is 34.5 Å². The Kier molecular flexibility index (Phi) is 6.42. The molecule has 0 spiro atoms. The highest BCUT2D eigenvalue weighted by Gasteiger charge is 2.72. The number of fused-ring (bicyclic) bond motifs is 10. The summed E-state index contributed by atoms with van der Waals surface area (Å²) in [6, 6.07) is 0. The molecular formula is C34H40O10. The fourth-order valence-corrected chi connectivity index (χ4v) is 11.2. The zero-order chi connectivity index (χ0) is 31.6. The molecule has 5 aliphatic carbocycles. The lowest BCUT2D eigenvalue weighted by molar-refractivity contribution is -0.176. The maximum Gasteiger partial charge on any atom is 0.310 e. The Morgan fingerprint density at radius 1 is 0.682 bits per heavy atom. The Morgan fingerprint density at radius 3 is 1.43 bits per heavy atom. The molecule has 2 saturated heterocycles.